The second kappa shape index (κ2) is 3.05. The number of aromatic nitrogens is 1. The Morgan fingerprint density at radius 2 is 2.40 bits per heavy atom. The van der Waals surface area contributed by atoms with E-state index in [-0.39, 0.29) is 6.42 Å². The Morgan fingerprint density at radius 3 is 2.80 bits per heavy atom. The first kappa shape index (κ1) is 7.60. The van der Waals surface area contributed by atoms with E-state index in [0.717, 1.165) is 17.2 Å². The fraction of sp³-hybridized carbons (Fsp3) is 0.500. The molecule has 0 amide bonds. The van der Waals surface area contributed by atoms with Crippen LogP contribution in [0.5, 0.6) is 0 Å². The fourth-order valence-electron chi connectivity index (χ4n) is 0.665. The van der Waals surface area contributed by atoms with Gasteiger partial charge in [0, 0.05) is 11.3 Å². The third kappa shape index (κ3) is 2.02. The summed E-state index contributed by atoms with van der Waals surface area (Å²) in [6, 6.07) is 1.69. The number of hydrogen-bond donors (Lipinski definition) is 0. The van der Waals surface area contributed by atoms with Gasteiger partial charge in [0.25, 0.3) is 0 Å². The average Bonchev–Trinajstić information content (AvgIpc) is 2.13. The summed E-state index contributed by atoms with van der Waals surface area (Å²) in [7, 11) is 0. The van der Waals surface area contributed by atoms with Gasteiger partial charge in [-0.2, -0.15) is 4.37 Å². The highest BCUT2D eigenvalue weighted by molar-refractivity contribution is 7.05. The van der Waals surface area contributed by atoms with E-state index < -0.39 is 6.43 Å². The third-order valence-corrected chi connectivity index (χ3v) is 1.93. The van der Waals surface area contributed by atoms with Gasteiger partial charge in [0.05, 0.1) is 5.69 Å². The minimum atomic E-state index is -2.25. The highest BCUT2D eigenvalue weighted by Gasteiger charge is 2.06. The average molecular weight is 163 g/mol. The van der Waals surface area contributed by atoms with E-state index in [1.807, 2.05) is 0 Å². The lowest BCUT2D eigenvalue weighted by Crippen LogP contribution is -1.92. The number of aryl methyl sites for hydroxylation is 1. The van der Waals surface area contributed by atoms with E-state index in [1.54, 1.807) is 13.0 Å². The van der Waals surface area contributed by atoms with Gasteiger partial charge in [-0.1, -0.05) is 0 Å². The molecule has 0 saturated carbocycles. The molecule has 1 nitrogen and oxygen atoms in total. The molecule has 0 atom stereocenters. The highest BCUT2D eigenvalue weighted by Crippen LogP contribution is 2.13. The second-order valence-electron chi connectivity index (χ2n) is 2.03. The van der Waals surface area contributed by atoms with E-state index >= 15 is 0 Å². The van der Waals surface area contributed by atoms with Crippen LogP contribution in [0, 0.1) is 6.92 Å². The van der Waals surface area contributed by atoms with E-state index in [0.29, 0.717) is 4.88 Å². The van der Waals surface area contributed by atoms with Gasteiger partial charge >= 0.3 is 0 Å². The molecule has 10 heavy (non-hydrogen) atoms. The monoisotopic (exact) mass is 163 g/mol. The number of nitrogens with zero attached hydrogens (tertiary/aromatic N) is 1. The Morgan fingerprint density at radius 1 is 1.70 bits per heavy atom. The minimum Gasteiger partial charge on any atom is -0.210 e. The Labute approximate surface area is 61.9 Å². The molecule has 1 heterocycles. The van der Waals surface area contributed by atoms with Crippen molar-refractivity contribution in [3.05, 3.63) is 16.6 Å². The second-order valence-corrected chi connectivity index (χ2v) is 2.92. The van der Waals surface area contributed by atoms with E-state index in [2.05, 4.69) is 4.37 Å². The first-order valence-corrected chi connectivity index (χ1v) is 3.66. The van der Waals surface area contributed by atoms with Gasteiger partial charge in [-0.15, -0.1) is 0 Å². The molecule has 0 N–H and O–H groups in total. The Balaban J connectivity index is 2.58. The molecule has 56 valence electrons. The lowest BCUT2D eigenvalue weighted by atomic mass is 10.3. The molecular weight excluding hydrogens is 156 g/mol. The zero-order valence-electron chi connectivity index (χ0n) is 5.47. The Hall–Kier alpha value is -0.510. The number of alkyl halides is 2. The van der Waals surface area contributed by atoms with Crippen LogP contribution in [-0.4, -0.2) is 10.8 Å². The van der Waals surface area contributed by atoms with Crippen LogP contribution in [0.2, 0.25) is 0 Å². The smallest absolute Gasteiger partial charge is 0.210 e. The molecular formula is C6H7F2NS. The van der Waals surface area contributed by atoms with Gasteiger partial charge in [0.1, 0.15) is 0 Å². The van der Waals surface area contributed by atoms with Crippen molar-refractivity contribution < 1.29 is 8.78 Å². The summed E-state index contributed by atoms with van der Waals surface area (Å²) in [4.78, 5) is 0.660. The molecule has 1 rings (SSSR count). The SMILES string of the molecule is Cc1cc(CC(F)F)sn1. The summed E-state index contributed by atoms with van der Waals surface area (Å²) in [6.07, 6.45) is -2.41. The maximum absolute atomic E-state index is 11.7. The molecule has 0 radical (unpaired) electrons. The zero-order valence-corrected chi connectivity index (χ0v) is 6.29. The van der Waals surface area contributed by atoms with Gasteiger partial charge in [-0.25, -0.2) is 8.78 Å². The van der Waals surface area contributed by atoms with Crippen LogP contribution in [0.25, 0.3) is 0 Å². The maximum Gasteiger partial charge on any atom is 0.243 e. The van der Waals surface area contributed by atoms with Gasteiger partial charge in [-0.05, 0) is 24.5 Å². The standard InChI is InChI=1S/C6H7F2NS/c1-4-2-5(10-9-4)3-6(7)8/h2,6H,3H2,1H3. The summed E-state index contributed by atoms with van der Waals surface area (Å²) in [5.74, 6) is 0. The van der Waals surface area contributed by atoms with Crippen molar-refractivity contribution in [2.45, 2.75) is 19.8 Å². The molecule has 0 aliphatic heterocycles. The van der Waals surface area contributed by atoms with Crippen LogP contribution in [0.1, 0.15) is 10.6 Å². The molecule has 1 aromatic heterocycles. The fourth-order valence-corrected chi connectivity index (χ4v) is 1.40. The molecule has 0 fully saturated rings. The Kier molecular flexibility index (Phi) is 2.32. The van der Waals surface area contributed by atoms with Crippen molar-refractivity contribution in [3.63, 3.8) is 0 Å². The van der Waals surface area contributed by atoms with Crippen LogP contribution >= 0.6 is 11.5 Å². The van der Waals surface area contributed by atoms with Gasteiger partial charge in [-0.3, -0.25) is 0 Å². The summed E-state index contributed by atoms with van der Waals surface area (Å²) in [5.41, 5.74) is 0.820. The molecule has 0 aliphatic rings. The molecule has 0 bridgehead atoms. The summed E-state index contributed by atoms with van der Waals surface area (Å²) in [5, 5.41) is 0. The first-order valence-electron chi connectivity index (χ1n) is 2.89. The topological polar surface area (TPSA) is 12.9 Å². The summed E-state index contributed by atoms with van der Waals surface area (Å²) < 4.78 is 27.3. The van der Waals surface area contributed by atoms with Crippen LogP contribution < -0.4 is 0 Å². The molecule has 0 spiro atoms. The lowest BCUT2D eigenvalue weighted by molar-refractivity contribution is 0.150. The molecule has 0 unspecified atom stereocenters. The van der Waals surface area contributed by atoms with Crippen LogP contribution in [0.15, 0.2) is 6.07 Å². The van der Waals surface area contributed by atoms with E-state index in [1.165, 1.54) is 0 Å². The van der Waals surface area contributed by atoms with Crippen LogP contribution in [-0.2, 0) is 6.42 Å². The summed E-state index contributed by atoms with van der Waals surface area (Å²) >= 11 is 1.15. The van der Waals surface area contributed by atoms with Crippen LogP contribution in [0.4, 0.5) is 8.78 Å². The normalized spacial score (nSPS) is 10.8. The van der Waals surface area contributed by atoms with Crippen molar-refractivity contribution in [3.8, 4) is 0 Å². The highest BCUT2D eigenvalue weighted by atomic mass is 32.1. The van der Waals surface area contributed by atoms with Crippen LogP contribution in [0.3, 0.4) is 0 Å². The quantitative estimate of drug-likeness (QED) is 0.651. The maximum atomic E-state index is 11.7. The van der Waals surface area contributed by atoms with Crippen molar-refractivity contribution in [1.82, 2.24) is 4.37 Å². The van der Waals surface area contributed by atoms with Crippen molar-refractivity contribution in [2.75, 3.05) is 0 Å². The molecule has 4 heteroatoms. The van der Waals surface area contributed by atoms with Crippen molar-refractivity contribution in [2.24, 2.45) is 0 Å². The molecule has 1 aromatic rings. The largest absolute Gasteiger partial charge is 0.243 e. The van der Waals surface area contributed by atoms with Crippen molar-refractivity contribution >= 4 is 11.5 Å². The summed E-state index contributed by atoms with van der Waals surface area (Å²) in [6.45, 7) is 1.80. The van der Waals surface area contributed by atoms with Gasteiger partial charge < -0.3 is 0 Å². The number of rotatable bonds is 2. The minimum absolute atomic E-state index is 0.161. The zero-order chi connectivity index (χ0) is 7.56. The molecule has 0 saturated heterocycles. The van der Waals surface area contributed by atoms with E-state index in [9.17, 15) is 8.78 Å². The predicted octanol–water partition coefficient (Wildman–Crippen LogP) is 2.26. The first-order chi connectivity index (χ1) is 4.68. The molecule has 0 aromatic carbocycles. The number of halogens is 2. The third-order valence-electron chi connectivity index (χ3n) is 1.03. The molecule has 0 aliphatic carbocycles. The predicted molar refractivity (Wildman–Crippen MR) is 36.6 cm³/mol. The lowest BCUT2D eigenvalue weighted by Gasteiger charge is -1.90. The Bertz CT molecular complexity index is 209. The van der Waals surface area contributed by atoms with Crippen molar-refractivity contribution in [1.29, 1.82) is 0 Å². The van der Waals surface area contributed by atoms with E-state index in [4.69, 9.17) is 0 Å². The van der Waals surface area contributed by atoms with Gasteiger partial charge in [0.2, 0.25) is 6.43 Å². The number of hydrogen-bond acceptors (Lipinski definition) is 2. The van der Waals surface area contributed by atoms with Gasteiger partial charge in [0.15, 0.2) is 0 Å².